The van der Waals surface area contributed by atoms with E-state index in [1.54, 1.807) is 0 Å². The molecular formula is C18H23N3O2. The summed E-state index contributed by atoms with van der Waals surface area (Å²) in [4.78, 5) is 17.3. The summed E-state index contributed by atoms with van der Waals surface area (Å²) in [6.07, 6.45) is 2.95. The van der Waals surface area contributed by atoms with Gasteiger partial charge in [0.2, 0.25) is 0 Å². The molecule has 5 nitrogen and oxygen atoms in total. The Kier molecular flexibility index (Phi) is 3.62. The Morgan fingerprint density at radius 1 is 1.30 bits per heavy atom. The second kappa shape index (κ2) is 5.65. The molecule has 1 aromatic carbocycles. The highest BCUT2D eigenvalue weighted by Gasteiger charge is 2.47. The van der Waals surface area contributed by atoms with Crippen LogP contribution < -0.4 is 5.32 Å². The minimum atomic E-state index is -0.684. The van der Waals surface area contributed by atoms with E-state index in [0.29, 0.717) is 6.54 Å². The Hall–Kier alpha value is -1.85. The molecule has 122 valence electrons. The molecule has 2 fully saturated rings. The molecule has 1 unspecified atom stereocenters. The van der Waals surface area contributed by atoms with Gasteiger partial charge in [-0.2, -0.15) is 0 Å². The first-order valence-corrected chi connectivity index (χ1v) is 8.39. The first kappa shape index (κ1) is 14.7. The number of hydrogen-bond acceptors (Lipinski definition) is 3. The fraction of sp³-hybridized carbons (Fsp3) is 0.500. The van der Waals surface area contributed by atoms with E-state index >= 15 is 0 Å². The van der Waals surface area contributed by atoms with Gasteiger partial charge in [0, 0.05) is 24.3 Å². The number of aliphatic carboxylic acids is 1. The van der Waals surface area contributed by atoms with Gasteiger partial charge < -0.3 is 15.4 Å². The van der Waals surface area contributed by atoms with Gasteiger partial charge in [-0.05, 0) is 55.3 Å². The number of carboxylic acid groups (broad SMARTS) is 1. The van der Waals surface area contributed by atoms with Crippen LogP contribution in [0, 0.1) is 5.41 Å². The molecule has 4 rings (SSSR count). The van der Waals surface area contributed by atoms with Crippen LogP contribution in [0.5, 0.6) is 0 Å². The zero-order valence-corrected chi connectivity index (χ0v) is 13.2. The van der Waals surface area contributed by atoms with Crippen molar-refractivity contribution in [1.82, 2.24) is 15.2 Å². The number of hydrogen-bond donors (Lipinski definition) is 3. The van der Waals surface area contributed by atoms with Gasteiger partial charge >= 0.3 is 5.97 Å². The van der Waals surface area contributed by atoms with Gasteiger partial charge in [0.15, 0.2) is 0 Å². The number of fused-ring (bicyclic) bond motifs is 1. The number of aromatic amines is 1. The van der Waals surface area contributed by atoms with E-state index in [1.165, 1.54) is 5.39 Å². The highest BCUT2D eigenvalue weighted by Crippen LogP contribution is 2.42. The second-order valence-corrected chi connectivity index (χ2v) is 7.09. The van der Waals surface area contributed by atoms with Crippen LogP contribution in [0.3, 0.4) is 0 Å². The third kappa shape index (κ3) is 2.75. The van der Waals surface area contributed by atoms with Gasteiger partial charge in [-0.25, -0.2) is 0 Å². The zero-order chi connectivity index (χ0) is 15.9. The maximum atomic E-state index is 11.7. The van der Waals surface area contributed by atoms with Crippen LogP contribution in [0.15, 0.2) is 30.3 Å². The summed E-state index contributed by atoms with van der Waals surface area (Å²) in [6.45, 7) is 3.58. The van der Waals surface area contributed by atoms with Crippen molar-refractivity contribution in [3.8, 4) is 0 Å². The lowest BCUT2D eigenvalue weighted by molar-refractivity contribution is -0.142. The molecule has 0 amide bonds. The van der Waals surface area contributed by atoms with Crippen molar-refractivity contribution in [2.75, 3.05) is 19.6 Å². The highest BCUT2D eigenvalue weighted by atomic mass is 16.4. The molecule has 1 aromatic heterocycles. The molecule has 2 saturated heterocycles. The summed E-state index contributed by atoms with van der Waals surface area (Å²) in [5.41, 5.74) is 2.40. The molecule has 0 aliphatic carbocycles. The summed E-state index contributed by atoms with van der Waals surface area (Å²) < 4.78 is 0. The Morgan fingerprint density at radius 2 is 2.09 bits per heavy atom. The summed E-state index contributed by atoms with van der Waals surface area (Å²) in [5.74, 6) is -0.684. The van der Waals surface area contributed by atoms with Crippen molar-refractivity contribution in [2.24, 2.45) is 5.41 Å². The first-order valence-electron chi connectivity index (χ1n) is 8.39. The third-order valence-electron chi connectivity index (χ3n) is 5.51. The fourth-order valence-corrected chi connectivity index (χ4v) is 4.31. The minimum Gasteiger partial charge on any atom is -0.480 e. The maximum Gasteiger partial charge on any atom is 0.320 e. The molecule has 1 atom stereocenters. The average Bonchev–Trinajstić information content (AvgIpc) is 3.09. The lowest BCUT2D eigenvalue weighted by Crippen LogP contribution is -2.38. The Bertz CT molecular complexity index is 685. The Morgan fingerprint density at radius 3 is 2.83 bits per heavy atom. The van der Waals surface area contributed by atoms with Gasteiger partial charge in [0.05, 0.1) is 0 Å². The average molecular weight is 313 g/mol. The molecular weight excluding hydrogens is 290 g/mol. The lowest BCUT2D eigenvalue weighted by Gasteiger charge is -2.33. The molecule has 2 aliphatic heterocycles. The molecule has 1 spiro atoms. The largest absolute Gasteiger partial charge is 0.480 e. The molecule has 0 radical (unpaired) electrons. The molecule has 2 aliphatic rings. The van der Waals surface area contributed by atoms with Crippen LogP contribution in [-0.4, -0.2) is 46.6 Å². The lowest BCUT2D eigenvalue weighted by atomic mass is 9.77. The number of H-pyrrole nitrogens is 1. The van der Waals surface area contributed by atoms with Gasteiger partial charge in [-0.1, -0.05) is 18.2 Å². The number of aromatic nitrogens is 1. The van der Waals surface area contributed by atoms with Gasteiger partial charge in [0.1, 0.15) is 6.04 Å². The third-order valence-corrected chi connectivity index (χ3v) is 5.51. The second-order valence-electron chi connectivity index (χ2n) is 7.09. The summed E-state index contributed by atoms with van der Waals surface area (Å²) in [5, 5.41) is 14.2. The monoisotopic (exact) mass is 313 g/mol. The predicted octanol–water partition coefficient (Wildman–Crippen LogP) is 2.20. The number of rotatable bonds is 3. The standard InChI is InChI=1S/C18H23N3O2/c22-17(23)16-10-18(5-7-19-8-6-18)12-21(16)11-14-9-13-3-1-2-4-15(13)20-14/h1-4,9,16,19-20H,5-8,10-12H2,(H,22,23). The van der Waals surface area contributed by atoms with Gasteiger partial charge in [-0.3, -0.25) is 9.69 Å². The van der Waals surface area contributed by atoms with Crippen LogP contribution in [0.1, 0.15) is 25.0 Å². The van der Waals surface area contributed by atoms with Crippen LogP contribution >= 0.6 is 0 Å². The topological polar surface area (TPSA) is 68.4 Å². The molecule has 3 heterocycles. The van der Waals surface area contributed by atoms with Crippen molar-refractivity contribution in [3.05, 3.63) is 36.0 Å². The van der Waals surface area contributed by atoms with Crippen molar-refractivity contribution < 1.29 is 9.90 Å². The summed E-state index contributed by atoms with van der Waals surface area (Å²) in [7, 11) is 0. The summed E-state index contributed by atoms with van der Waals surface area (Å²) in [6, 6.07) is 9.97. The van der Waals surface area contributed by atoms with E-state index in [9.17, 15) is 9.90 Å². The van der Waals surface area contributed by atoms with Crippen LogP contribution in [0.25, 0.3) is 10.9 Å². The molecule has 0 bridgehead atoms. The smallest absolute Gasteiger partial charge is 0.320 e. The molecule has 3 N–H and O–H groups in total. The Labute approximate surface area is 135 Å². The Balaban J connectivity index is 1.57. The number of carbonyl (C=O) groups is 1. The highest BCUT2D eigenvalue weighted by molar-refractivity contribution is 5.80. The molecule has 5 heteroatoms. The van der Waals surface area contributed by atoms with Crippen molar-refractivity contribution in [3.63, 3.8) is 0 Å². The molecule has 0 saturated carbocycles. The fourth-order valence-electron chi connectivity index (χ4n) is 4.31. The number of nitrogens with zero attached hydrogens (tertiary/aromatic N) is 1. The van der Waals surface area contributed by atoms with Crippen LogP contribution in [0.2, 0.25) is 0 Å². The van der Waals surface area contributed by atoms with Gasteiger partial charge in [0.25, 0.3) is 0 Å². The molecule has 2 aromatic rings. The van der Waals surface area contributed by atoms with Crippen LogP contribution in [0.4, 0.5) is 0 Å². The SMILES string of the molecule is O=C(O)C1CC2(CCNCC2)CN1Cc1cc2ccccc2[nH]1. The summed E-state index contributed by atoms with van der Waals surface area (Å²) >= 11 is 0. The number of benzene rings is 1. The van der Waals surface area contributed by atoms with Crippen molar-refractivity contribution in [2.45, 2.75) is 31.8 Å². The number of likely N-dealkylation sites (tertiary alicyclic amines) is 1. The van der Waals surface area contributed by atoms with Crippen LogP contribution in [-0.2, 0) is 11.3 Å². The van der Waals surface area contributed by atoms with E-state index < -0.39 is 5.97 Å². The zero-order valence-electron chi connectivity index (χ0n) is 13.2. The predicted molar refractivity (Wildman–Crippen MR) is 89.3 cm³/mol. The van der Waals surface area contributed by atoms with E-state index in [1.807, 2.05) is 12.1 Å². The van der Waals surface area contributed by atoms with Gasteiger partial charge in [-0.15, -0.1) is 0 Å². The number of piperidine rings is 1. The van der Waals surface area contributed by atoms with Crippen molar-refractivity contribution >= 4 is 16.9 Å². The number of nitrogens with one attached hydrogen (secondary N) is 2. The first-order chi connectivity index (χ1) is 11.2. The van der Waals surface area contributed by atoms with E-state index in [0.717, 1.165) is 50.1 Å². The quantitative estimate of drug-likeness (QED) is 0.812. The maximum absolute atomic E-state index is 11.7. The normalized spacial score (nSPS) is 24.4. The number of para-hydroxylation sites is 1. The number of carboxylic acids is 1. The molecule has 23 heavy (non-hydrogen) atoms. The van der Waals surface area contributed by atoms with E-state index in [-0.39, 0.29) is 11.5 Å². The van der Waals surface area contributed by atoms with E-state index in [4.69, 9.17) is 0 Å². The van der Waals surface area contributed by atoms with E-state index in [2.05, 4.69) is 33.4 Å². The minimum absolute atomic E-state index is 0.181. The van der Waals surface area contributed by atoms with Crippen molar-refractivity contribution in [1.29, 1.82) is 0 Å².